The van der Waals surface area contributed by atoms with Crippen LogP contribution in [0.15, 0.2) is 72.8 Å². The summed E-state index contributed by atoms with van der Waals surface area (Å²) in [5.41, 5.74) is 9.61. The molecule has 3 aromatic rings. The Labute approximate surface area is 237 Å². The Balaban J connectivity index is 1.61. The summed E-state index contributed by atoms with van der Waals surface area (Å²) in [5, 5.41) is 2.93. The normalized spacial score (nSPS) is 17.0. The van der Waals surface area contributed by atoms with Gasteiger partial charge in [0.25, 0.3) is 5.91 Å². The predicted octanol–water partition coefficient (Wildman–Crippen LogP) is 3.76. The number of hydrogen-bond acceptors (Lipinski definition) is 6. The van der Waals surface area contributed by atoms with Crippen LogP contribution in [0.4, 0.5) is 0 Å². The highest BCUT2D eigenvalue weighted by Crippen LogP contribution is 2.28. The van der Waals surface area contributed by atoms with Gasteiger partial charge in [-0.2, -0.15) is 0 Å². The molecule has 1 unspecified atom stereocenters. The quantitative estimate of drug-likeness (QED) is 0.382. The Morgan fingerprint density at radius 2 is 1.65 bits per heavy atom. The molecule has 0 aromatic heterocycles. The van der Waals surface area contributed by atoms with Crippen LogP contribution in [0.25, 0.3) is 0 Å². The molecule has 8 nitrogen and oxygen atoms in total. The summed E-state index contributed by atoms with van der Waals surface area (Å²) in [4.78, 5) is 31.1. The van der Waals surface area contributed by atoms with Gasteiger partial charge in [-0.25, -0.2) is 0 Å². The fourth-order valence-electron chi connectivity index (χ4n) is 5.23. The van der Waals surface area contributed by atoms with Crippen molar-refractivity contribution in [3.8, 4) is 11.5 Å². The first kappa shape index (κ1) is 29.1. The van der Waals surface area contributed by atoms with Gasteiger partial charge in [-0.15, -0.1) is 0 Å². The van der Waals surface area contributed by atoms with E-state index in [9.17, 15) is 9.59 Å². The molecule has 8 heteroatoms. The van der Waals surface area contributed by atoms with Gasteiger partial charge in [0.1, 0.15) is 17.5 Å². The zero-order valence-corrected chi connectivity index (χ0v) is 23.6. The van der Waals surface area contributed by atoms with Gasteiger partial charge in [0.2, 0.25) is 5.91 Å². The lowest BCUT2D eigenvalue weighted by Gasteiger charge is -2.43. The number of hydrogen-bond donors (Lipinski definition) is 2. The molecule has 1 aliphatic rings. The molecule has 2 atom stereocenters. The lowest BCUT2D eigenvalue weighted by Crippen LogP contribution is -2.57. The number of carbonyl (C=O) groups is 2. The van der Waals surface area contributed by atoms with E-state index in [0.29, 0.717) is 44.7 Å². The Hall–Kier alpha value is -3.88. The van der Waals surface area contributed by atoms with Crippen molar-refractivity contribution in [2.75, 3.05) is 33.9 Å². The third kappa shape index (κ3) is 7.40. The van der Waals surface area contributed by atoms with Crippen LogP contribution < -0.4 is 20.5 Å². The molecule has 3 aromatic carbocycles. The number of benzene rings is 3. The summed E-state index contributed by atoms with van der Waals surface area (Å²) in [6.07, 6.45) is 1.27. The minimum atomic E-state index is -0.595. The van der Waals surface area contributed by atoms with Crippen molar-refractivity contribution in [1.29, 1.82) is 0 Å². The maximum Gasteiger partial charge on any atom is 0.254 e. The predicted molar refractivity (Wildman–Crippen MR) is 156 cm³/mol. The van der Waals surface area contributed by atoms with Crippen molar-refractivity contribution < 1.29 is 19.1 Å². The summed E-state index contributed by atoms with van der Waals surface area (Å²) in [6.45, 7) is 4.54. The first-order valence-electron chi connectivity index (χ1n) is 13.8. The Kier molecular flexibility index (Phi) is 10.2. The van der Waals surface area contributed by atoms with Crippen molar-refractivity contribution in [3.63, 3.8) is 0 Å². The van der Waals surface area contributed by atoms with E-state index >= 15 is 0 Å². The molecule has 2 amide bonds. The zero-order valence-electron chi connectivity index (χ0n) is 23.6. The molecule has 0 bridgehead atoms. The number of methoxy groups -OCH3 is 2. The molecular weight excluding hydrogens is 504 g/mol. The number of nitrogens with two attached hydrogens (primary N) is 1. The van der Waals surface area contributed by atoms with Crippen molar-refractivity contribution in [2.24, 2.45) is 5.73 Å². The van der Waals surface area contributed by atoms with Gasteiger partial charge in [-0.1, -0.05) is 42.0 Å². The van der Waals surface area contributed by atoms with Gasteiger partial charge in [-0.3, -0.25) is 14.5 Å². The number of ether oxygens (including phenoxy) is 2. The average Bonchev–Trinajstić information content (AvgIpc) is 2.99. The highest BCUT2D eigenvalue weighted by molar-refractivity contribution is 5.97. The van der Waals surface area contributed by atoms with E-state index in [1.807, 2.05) is 61.5 Å². The maximum absolute atomic E-state index is 13.6. The first-order chi connectivity index (χ1) is 19.4. The topological polar surface area (TPSA) is 97.1 Å². The molecule has 40 heavy (non-hydrogen) atoms. The summed E-state index contributed by atoms with van der Waals surface area (Å²) in [6, 6.07) is 23.1. The summed E-state index contributed by atoms with van der Waals surface area (Å²) >= 11 is 0. The fourth-order valence-corrected chi connectivity index (χ4v) is 5.23. The van der Waals surface area contributed by atoms with E-state index in [1.165, 1.54) is 0 Å². The summed E-state index contributed by atoms with van der Waals surface area (Å²) < 4.78 is 10.8. The molecule has 1 heterocycles. The highest BCUT2D eigenvalue weighted by atomic mass is 16.5. The molecule has 1 aliphatic heterocycles. The molecule has 0 saturated carbocycles. The Morgan fingerprint density at radius 1 is 0.950 bits per heavy atom. The zero-order chi connectivity index (χ0) is 28.5. The van der Waals surface area contributed by atoms with E-state index in [-0.39, 0.29) is 17.9 Å². The summed E-state index contributed by atoms with van der Waals surface area (Å²) in [5.74, 6) is 1.32. The summed E-state index contributed by atoms with van der Waals surface area (Å²) in [7, 11) is 3.32. The maximum atomic E-state index is 13.6. The molecule has 1 fully saturated rings. The monoisotopic (exact) mass is 544 g/mol. The third-order valence-corrected chi connectivity index (χ3v) is 7.46. The van der Waals surface area contributed by atoms with Gasteiger partial charge in [0.15, 0.2) is 0 Å². The second-order valence-corrected chi connectivity index (χ2v) is 10.2. The van der Waals surface area contributed by atoms with E-state index < -0.39 is 6.04 Å². The van der Waals surface area contributed by atoms with Crippen LogP contribution in [0, 0.1) is 6.92 Å². The van der Waals surface area contributed by atoms with E-state index in [0.717, 1.165) is 34.6 Å². The van der Waals surface area contributed by atoms with Crippen LogP contribution >= 0.6 is 0 Å². The molecule has 1 saturated heterocycles. The van der Waals surface area contributed by atoms with Crippen LogP contribution in [0.2, 0.25) is 0 Å². The van der Waals surface area contributed by atoms with E-state index in [1.54, 1.807) is 19.1 Å². The van der Waals surface area contributed by atoms with Gasteiger partial charge >= 0.3 is 0 Å². The molecule has 3 N–H and O–H groups in total. The molecule has 212 valence electrons. The van der Waals surface area contributed by atoms with Gasteiger partial charge < -0.3 is 25.4 Å². The highest BCUT2D eigenvalue weighted by Gasteiger charge is 2.38. The standard InChI is InChI=1S/C32H40N4O4/c1-23-7-11-26(12-8-23)32(38)36-18-15-27(20-30(36)31(37)34-17-16-33)35(21-24-9-13-28(39-2)14-10-24)22-25-5-4-6-29(19-25)40-3/h4-14,19,27,30H,15-18,20-22,33H2,1-3H3,(H,34,37)/t27?,30-/m1/s1. The van der Waals surface area contributed by atoms with Crippen molar-refractivity contribution in [2.45, 2.75) is 44.9 Å². The van der Waals surface area contributed by atoms with Gasteiger partial charge in [-0.05, 0) is 67.3 Å². The smallest absolute Gasteiger partial charge is 0.254 e. The molecule has 0 spiro atoms. The van der Waals surface area contributed by atoms with Crippen LogP contribution in [-0.2, 0) is 17.9 Å². The SMILES string of the molecule is COc1ccc(CN(Cc2cccc(OC)c2)C2CCN(C(=O)c3ccc(C)cc3)[C@@H](C(=O)NCCN)C2)cc1. The molecule has 4 rings (SSSR count). The number of likely N-dealkylation sites (tertiary alicyclic amines) is 1. The second kappa shape index (κ2) is 14.0. The van der Waals surface area contributed by atoms with Crippen molar-refractivity contribution >= 4 is 11.8 Å². The first-order valence-corrected chi connectivity index (χ1v) is 13.8. The number of nitrogens with zero attached hydrogens (tertiary/aromatic N) is 2. The average molecular weight is 545 g/mol. The number of amides is 2. The fraction of sp³-hybridized carbons (Fsp3) is 0.375. The Bertz CT molecular complexity index is 1260. The second-order valence-electron chi connectivity index (χ2n) is 10.2. The largest absolute Gasteiger partial charge is 0.497 e. The van der Waals surface area contributed by atoms with Crippen LogP contribution in [0.3, 0.4) is 0 Å². The number of rotatable bonds is 11. The number of nitrogens with one attached hydrogen (secondary N) is 1. The molecule has 0 aliphatic carbocycles. The van der Waals surface area contributed by atoms with Crippen molar-refractivity contribution in [3.05, 3.63) is 95.1 Å². The van der Waals surface area contributed by atoms with Crippen LogP contribution in [0.5, 0.6) is 11.5 Å². The van der Waals surface area contributed by atoms with E-state index in [4.69, 9.17) is 15.2 Å². The number of aryl methyl sites for hydroxylation is 1. The minimum absolute atomic E-state index is 0.0731. The lowest BCUT2D eigenvalue weighted by molar-refractivity contribution is -0.127. The van der Waals surface area contributed by atoms with Gasteiger partial charge in [0.05, 0.1) is 14.2 Å². The lowest BCUT2D eigenvalue weighted by atomic mass is 9.93. The van der Waals surface area contributed by atoms with E-state index in [2.05, 4.69) is 28.4 Å². The Morgan fingerprint density at radius 3 is 2.33 bits per heavy atom. The number of carbonyl (C=O) groups excluding carboxylic acids is 2. The molecule has 0 radical (unpaired) electrons. The minimum Gasteiger partial charge on any atom is -0.497 e. The van der Waals surface area contributed by atoms with Gasteiger partial charge in [0, 0.05) is 44.3 Å². The van der Waals surface area contributed by atoms with Crippen molar-refractivity contribution in [1.82, 2.24) is 15.1 Å². The van der Waals surface area contributed by atoms with Crippen LogP contribution in [-0.4, -0.2) is 67.6 Å². The van der Waals surface area contributed by atoms with Crippen LogP contribution in [0.1, 0.15) is 39.9 Å². The number of piperidine rings is 1. The third-order valence-electron chi connectivity index (χ3n) is 7.46. The molecular formula is C32H40N4O4.